The Morgan fingerprint density at radius 1 is 1.00 bits per heavy atom. The average Bonchev–Trinajstić information content (AvgIpc) is 2.78. The third-order valence-electron chi connectivity index (χ3n) is 2.31. The molecular weight excluding hydrogens is 315 g/mol. The second-order valence-corrected chi connectivity index (χ2v) is 6.68. The first-order valence-corrected chi connectivity index (χ1v) is 6.68. The number of ketones is 2. The van der Waals surface area contributed by atoms with Crippen LogP contribution in [0.25, 0.3) is 9.75 Å². The van der Waals surface area contributed by atoms with Crippen LogP contribution in [-0.4, -0.2) is 11.6 Å². The van der Waals surface area contributed by atoms with Crippen LogP contribution in [0, 0.1) is 5.13 Å². The van der Waals surface area contributed by atoms with Crippen LogP contribution < -0.4 is 0 Å². The average molecular weight is 317 g/mol. The van der Waals surface area contributed by atoms with E-state index in [4.69, 9.17) is 0 Å². The van der Waals surface area contributed by atoms with Gasteiger partial charge >= 0.3 is 0 Å². The summed E-state index contributed by atoms with van der Waals surface area (Å²) in [6.45, 7) is 0. The van der Waals surface area contributed by atoms with Crippen LogP contribution in [0.3, 0.4) is 0 Å². The highest BCUT2D eigenvalue weighted by Gasteiger charge is 2.34. The number of rotatable bonds is 0. The number of carbonyl (C=O) groups is 2. The molecule has 0 saturated heterocycles. The summed E-state index contributed by atoms with van der Waals surface area (Å²) in [7, 11) is 0. The predicted molar refractivity (Wildman–Crippen MR) is 64.0 cm³/mol. The Morgan fingerprint density at radius 3 is 2.25 bits per heavy atom. The van der Waals surface area contributed by atoms with E-state index < -0.39 is 16.7 Å². The van der Waals surface area contributed by atoms with Crippen molar-refractivity contribution in [1.29, 1.82) is 0 Å². The van der Waals surface area contributed by atoms with Crippen molar-refractivity contribution in [3.8, 4) is 9.75 Å². The van der Waals surface area contributed by atoms with Crippen molar-refractivity contribution in [2.24, 2.45) is 0 Å². The molecule has 2 nitrogen and oxygen atoms in total. The van der Waals surface area contributed by atoms with Crippen molar-refractivity contribution in [3.63, 3.8) is 0 Å². The minimum Gasteiger partial charge on any atom is -0.285 e. The normalized spacial score (nSPS) is 13.9. The van der Waals surface area contributed by atoms with Crippen molar-refractivity contribution in [3.05, 3.63) is 32.2 Å². The molecule has 0 saturated carbocycles. The lowest BCUT2D eigenvalue weighted by Crippen LogP contribution is -2.18. The molecule has 2 aromatic heterocycles. The molecule has 0 aromatic carbocycles. The van der Waals surface area contributed by atoms with Crippen molar-refractivity contribution in [2.75, 3.05) is 0 Å². The molecule has 6 heteroatoms. The molecule has 0 atom stereocenters. The van der Waals surface area contributed by atoms with Crippen LogP contribution in [0.15, 0.2) is 15.9 Å². The molecular formula is C10H2BrFO2S2. The first-order chi connectivity index (χ1) is 7.58. The highest BCUT2D eigenvalue weighted by Crippen LogP contribution is 2.44. The van der Waals surface area contributed by atoms with E-state index in [1.807, 2.05) is 0 Å². The second kappa shape index (κ2) is 3.32. The maximum absolute atomic E-state index is 13.1. The zero-order valence-corrected chi connectivity index (χ0v) is 10.8. The number of carbonyl (C=O) groups excluding carboxylic acids is 2. The van der Waals surface area contributed by atoms with Crippen molar-refractivity contribution < 1.29 is 14.0 Å². The highest BCUT2D eigenvalue weighted by atomic mass is 79.9. The molecule has 0 N–H and O–H groups in total. The van der Waals surface area contributed by atoms with Crippen molar-refractivity contribution in [2.45, 2.75) is 0 Å². The summed E-state index contributed by atoms with van der Waals surface area (Å²) in [5.74, 6) is -1.17. The maximum Gasteiger partial charge on any atom is 0.235 e. The fourth-order valence-corrected chi connectivity index (χ4v) is 4.28. The Hall–Kier alpha value is -0.850. The standard InChI is InChI=1S/C10H2BrFO2S2/c11-5-1-3-7(13)8(14)4-2-6(12)16-10(4)9(3)15-5/h1-2H. The van der Waals surface area contributed by atoms with Gasteiger partial charge in [-0.25, -0.2) is 0 Å². The number of fused-ring (bicyclic) bond motifs is 3. The van der Waals surface area contributed by atoms with E-state index in [0.29, 0.717) is 15.3 Å². The van der Waals surface area contributed by atoms with Crippen molar-refractivity contribution in [1.82, 2.24) is 0 Å². The summed E-state index contributed by atoms with van der Waals surface area (Å²) < 4.78 is 13.9. The topological polar surface area (TPSA) is 34.1 Å². The number of hydrogen-bond donors (Lipinski definition) is 0. The molecule has 80 valence electrons. The maximum atomic E-state index is 13.1. The number of thiophene rings is 2. The van der Waals surface area contributed by atoms with E-state index in [0.717, 1.165) is 21.2 Å². The minimum atomic E-state index is -0.618. The summed E-state index contributed by atoms with van der Waals surface area (Å²) >= 11 is 5.51. The summed E-state index contributed by atoms with van der Waals surface area (Å²) in [6, 6.07) is 2.75. The lowest BCUT2D eigenvalue weighted by atomic mass is 9.96. The van der Waals surface area contributed by atoms with Crippen LogP contribution in [0.2, 0.25) is 0 Å². The van der Waals surface area contributed by atoms with E-state index >= 15 is 0 Å². The molecule has 2 heterocycles. The third kappa shape index (κ3) is 1.27. The second-order valence-electron chi connectivity index (χ2n) is 3.24. The molecule has 2 aromatic rings. The molecule has 0 aliphatic heterocycles. The van der Waals surface area contributed by atoms with Gasteiger partial charge in [-0.05, 0) is 28.1 Å². The third-order valence-corrected chi connectivity index (χ3v) is 5.03. The summed E-state index contributed by atoms with van der Waals surface area (Å²) in [5, 5.41) is -0.441. The van der Waals surface area contributed by atoms with E-state index in [1.54, 1.807) is 6.07 Å². The molecule has 1 aliphatic rings. The Bertz CT molecular complexity index is 585. The Balaban J connectivity index is 2.40. The Kier molecular flexibility index (Phi) is 2.14. The molecule has 0 unspecified atom stereocenters. The summed E-state index contributed by atoms with van der Waals surface area (Å²) in [4.78, 5) is 24.6. The molecule has 0 amide bonds. The van der Waals surface area contributed by atoms with E-state index in [9.17, 15) is 14.0 Å². The van der Waals surface area contributed by atoms with E-state index in [2.05, 4.69) is 15.9 Å². The van der Waals surface area contributed by atoms with Crippen LogP contribution in [0.5, 0.6) is 0 Å². The summed E-state index contributed by atoms with van der Waals surface area (Å²) in [6.07, 6.45) is 0. The molecule has 3 rings (SSSR count). The lowest BCUT2D eigenvalue weighted by Gasteiger charge is -2.08. The van der Waals surface area contributed by atoms with Gasteiger partial charge in [-0.2, -0.15) is 4.39 Å². The minimum absolute atomic E-state index is 0.189. The quantitative estimate of drug-likeness (QED) is 0.693. The van der Waals surface area contributed by atoms with Gasteiger partial charge in [0.25, 0.3) is 0 Å². The predicted octanol–water partition coefficient (Wildman–Crippen LogP) is 3.76. The monoisotopic (exact) mass is 316 g/mol. The SMILES string of the molecule is O=C1C(=O)c2cc(Br)sc2-c2sc(F)cc21. The van der Waals surface area contributed by atoms with Gasteiger partial charge in [0.1, 0.15) is 0 Å². The van der Waals surface area contributed by atoms with Crippen LogP contribution in [0.1, 0.15) is 20.7 Å². The fraction of sp³-hybridized carbons (Fsp3) is 0. The number of Topliss-reactive ketones (excluding diaryl/α,β-unsaturated/α-hetero) is 2. The molecule has 0 spiro atoms. The summed E-state index contributed by atoms with van der Waals surface area (Å²) in [5.41, 5.74) is 0.561. The molecule has 0 radical (unpaired) electrons. The first-order valence-electron chi connectivity index (χ1n) is 4.26. The number of hydrogen-bond acceptors (Lipinski definition) is 4. The van der Waals surface area contributed by atoms with Gasteiger partial charge in [-0.3, -0.25) is 9.59 Å². The molecule has 1 aliphatic carbocycles. The fourth-order valence-electron chi connectivity index (χ4n) is 1.64. The van der Waals surface area contributed by atoms with Gasteiger partial charge in [-0.15, -0.1) is 22.7 Å². The van der Waals surface area contributed by atoms with Crippen LogP contribution in [0.4, 0.5) is 4.39 Å². The Morgan fingerprint density at radius 2 is 1.56 bits per heavy atom. The van der Waals surface area contributed by atoms with Gasteiger partial charge in [-0.1, -0.05) is 0 Å². The van der Waals surface area contributed by atoms with Gasteiger partial charge in [0, 0.05) is 11.1 Å². The molecule has 16 heavy (non-hydrogen) atoms. The van der Waals surface area contributed by atoms with E-state index in [-0.39, 0.29) is 5.56 Å². The van der Waals surface area contributed by atoms with Gasteiger partial charge in [0.2, 0.25) is 11.6 Å². The Labute approximate surface area is 106 Å². The number of halogens is 2. The van der Waals surface area contributed by atoms with Crippen LogP contribution >= 0.6 is 38.6 Å². The van der Waals surface area contributed by atoms with Gasteiger partial charge in [0.15, 0.2) is 5.13 Å². The highest BCUT2D eigenvalue weighted by molar-refractivity contribution is 9.11. The molecule has 0 bridgehead atoms. The lowest BCUT2D eigenvalue weighted by molar-refractivity contribution is 0.0816. The van der Waals surface area contributed by atoms with E-state index in [1.165, 1.54) is 11.3 Å². The largest absolute Gasteiger partial charge is 0.285 e. The first kappa shape index (κ1) is 10.3. The van der Waals surface area contributed by atoms with Crippen molar-refractivity contribution >= 4 is 50.2 Å². The zero-order valence-electron chi connectivity index (χ0n) is 7.54. The van der Waals surface area contributed by atoms with Gasteiger partial charge < -0.3 is 0 Å². The molecule has 0 fully saturated rings. The zero-order chi connectivity index (χ0) is 11.4. The smallest absolute Gasteiger partial charge is 0.235 e. The van der Waals surface area contributed by atoms with Gasteiger partial charge in [0.05, 0.1) is 13.5 Å². The van der Waals surface area contributed by atoms with Crippen LogP contribution in [-0.2, 0) is 0 Å².